The fourth-order valence-electron chi connectivity index (χ4n) is 4.06. The van der Waals surface area contributed by atoms with Crippen LogP contribution in [-0.2, 0) is 44.8 Å². The van der Waals surface area contributed by atoms with Gasteiger partial charge in [0.2, 0.25) is 17.7 Å². The van der Waals surface area contributed by atoms with Gasteiger partial charge in [-0.2, -0.15) is 0 Å². The third-order valence-electron chi connectivity index (χ3n) is 6.80. The van der Waals surface area contributed by atoms with Crippen molar-refractivity contribution >= 4 is 41.7 Å². The van der Waals surface area contributed by atoms with Crippen molar-refractivity contribution in [2.24, 2.45) is 5.92 Å². The van der Waals surface area contributed by atoms with Crippen LogP contribution in [0, 0.1) is 5.92 Å². The fraction of sp³-hybridized carbons (Fsp3) is 0.516. The Morgan fingerprint density at radius 3 is 2.00 bits per heavy atom. The smallest absolute Gasteiger partial charge is 0.408 e. The van der Waals surface area contributed by atoms with E-state index in [0.29, 0.717) is 12.0 Å². The minimum absolute atomic E-state index is 0.0766. The van der Waals surface area contributed by atoms with E-state index in [0.717, 1.165) is 12.2 Å². The molecule has 1 aromatic rings. The lowest BCUT2D eigenvalue weighted by Gasteiger charge is -2.28. The molecular formula is C31H44N4O12. The number of carboxylic acid groups (broad SMARTS) is 2. The second kappa shape index (κ2) is 20.9. The van der Waals surface area contributed by atoms with Gasteiger partial charge >= 0.3 is 24.0 Å². The molecule has 1 aromatic carbocycles. The summed E-state index contributed by atoms with van der Waals surface area (Å²) < 4.78 is 9.87. The highest BCUT2D eigenvalue weighted by atomic mass is 16.5. The highest BCUT2D eigenvalue weighted by molar-refractivity contribution is 5.94. The van der Waals surface area contributed by atoms with Gasteiger partial charge in [-0.25, -0.2) is 9.59 Å². The maximum atomic E-state index is 13.4. The van der Waals surface area contributed by atoms with Crippen molar-refractivity contribution in [3.05, 3.63) is 48.0 Å². The molecule has 0 aliphatic carbocycles. The molecule has 0 saturated heterocycles. The van der Waals surface area contributed by atoms with Crippen molar-refractivity contribution in [2.45, 2.75) is 90.3 Å². The number of carboxylic acids is 2. The van der Waals surface area contributed by atoms with E-state index >= 15 is 0 Å². The number of aliphatic carboxylic acids is 2. The topological polar surface area (TPSA) is 247 Å². The molecule has 16 heteroatoms. The predicted molar refractivity (Wildman–Crippen MR) is 165 cm³/mol. The Labute approximate surface area is 272 Å². The van der Waals surface area contributed by atoms with E-state index in [1.807, 2.05) is 0 Å². The normalized spacial score (nSPS) is 14.7. The Bertz CT molecular complexity index is 1250. The van der Waals surface area contributed by atoms with Crippen molar-refractivity contribution in [1.29, 1.82) is 0 Å². The largest absolute Gasteiger partial charge is 0.481 e. The first kappa shape index (κ1) is 40.0. The lowest BCUT2D eigenvalue weighted by Crippen LogP contribution is -2.60. The van der Waals surface area contributed by atoms with Gasteiger partial charge in [-0.15, -0.1) is 0 Å². The number of aliphatic hydroxyl groups is 1. The van der Waals surface area contributed by atoms with Gasteiger partial charge in [-0.3, -0.25) is 24.0 Å². The summed E-state index contributed by atoms with van der Waals surface area (Å²) in [6.45, 7) is 6.09. The van der Waals surface area contributed by atoms with Crippen LogP contribution in [0.4, 0.5) is 4.79 Å². The Balaban J connectivity index is 3.12. The SMILES string of the molecule is CCOC(=O)/C=C/[C@H](CC(=O)O)NC(=O)[C@@H](NC(=O)[C@H](CCC(=O)O)NC(=O)[C@@H](NC(=O)OCc1ccccc1)C(C)O)C(C)CC. The van der Waals surface area contributed by atoms with Gasteiger partial charge in [0.25, 0.3) is 0 Å². The number of carbonyl (C=O) groups excluding carboxylic acids is 5. The maximum Gasteiger partial charge on any atom is 0.408 e. The molecule has 4 amide bonds. The van der Waals surface area contributed by atoms with E-state index in [1.54, 1.807) is 51.1 Å². The van der Waals surface area contributed by atoms with Gasteiger partial charge in [-0.1, -0.05) is 56.7 Å². The molecule has 0 heterocycles. The second-order valence-electron chi connectivity index (χ2n) is 10.6. The van der Waals surface area contributed by atoms with E-state index < -0.39 is 97.2 Å². The zero-order valence-corrected chi connectivity index (χ0v) is 26.8. The summed E-state index contributed by atoms with van der Waals surface area (Å²) in [5, 5.41) is 38.2. The van der Waals surface area contributed by atoms with Crippen LogP contribution >= 0.6 is 0 Å². The number of alkyl carbamates (subject to hydrolysis) is 1. The van der Waals surface area contributed by atoms with E-state index in [-0.39, 0.29) is 13.2 Å². The Morgan fingerprint density at radius 1 is 0.809 bits per heavy atom. The van der Waals surface area contributed by atoms with E-state index in [1.165, 1.54) is 6.92 Å². The lowest BCUT2D eigenvalue weighted by atomic mass is 9.97. The third kappa shape index (κ3) is 15.7. The van der Waals surface area contributed by atoms with Gasteiger partial charge < -0.3 is 46.1 Å². The molecule has 0 aliphatic heterocycles. The number of benzene rings is 1. The Kier molecular flexibility index (Phi) is 17.8. The summed E-state index contributed by atoms with van der Waals surface area (Å²) in [6, 6.07) is 3.09. The van der Waals surface area contributed by atoms with Crippen LogP contribution < -0.4 is 21.3 Å². The summed E-state index contributed by atoms with van der Waals surface area (Å²) in [6.07, 6.45) is -1.61. The van der Waals surface area contributed by atoms with Gasteiger partial charge in [0, 0.05) is 12.5 Å². The van der Waals surface area contributed by atoms with Gasteiger partial charge in [0.1, 0.15) is 24.7 Å². The van der Waals surface area contributed by atoms with Crippen molar-refractivity contribution in [1.82, 2.24) is 21.3 Å². The highest BCUT2D eigenvalue weighted by Crippen LogP contribution is 2.11. The summed E-state index contributed by atoms with van der Waals surface area (Å²) in [5.74, 6) is -6.64. The molecule has 0 fully saturated rings. The number of ether oxygens (including phenoxy) is 2. The zero-order chi connectivity index (χ0) is 35.5. The van der Waals surface area contributed by atoms with E-state index in [2.05, 4.69) is 21.3 Å². The van der Waals surface area contributed by atoms with Gasteiger partial charge in [-0.05, 0) is 31.7 Å². The van der Waals surface area contributed by atoms with Crippen molar-refractivity contribution in [2.75, 3.05) is 6.61 Å². The molecule has 0 aromatic heterocycles. The van der Waals surface area contributed by atoms with Gasteiger partial charge in [0.05, 0.1) is 25.2 Å². The van der Waals surface area contributed by atoms with Crippen LogP contribution in [0.15, 0.2) is 42.5 Å². The first-order valence-corrected chi connectivity index (χ1v) is 15.0. The van der Waals surface area contributed by atoms with Crippen molar-refractivity contribution in [3.63, 3.8) is 0 Å². The summed E-state index contributed by atoms with van der Waals surface area (Å²) >= 11 is 0. The first-order valence-electron chi connectivity index (χ1n) is 15.0. The molecule has 47 heavy (non-hydrogen) atoms. The number of aliphatic hydroxyl groups excluding tert-OH is 1. The molecular weight excluding hydrogens is 620 g/mol. The molecule has 0 saturated carbocycles. The fourth-order valence-corrected chi connectivity index (χ4v) is 4.06. The van der Waals surface area contributed by atoms with Crippen molar-refractivity contribution < 1.29 is 58.4 Å². The molecule has 7 N–H and O–H groups in total. The molecule has 6 atom stereocenters. The van der Waals surface area contributed by atoms with Crippen molar-refractivity contribution in [3.8, 4) is 0 Å². The van der Waals surface area contributed by atoms with Crippen LogP contribution in [0.3, 0.4) is 0 Å². The minimum atomic E-state index is -1.60. The standard InChI is InChI=1S/C31H44N4O12/c1-5-18(3)26(29(43)32-21(16-24(39)40)12-15-25(41)46-6-2)34-28(42)22(13-14-23(37)38)33-30(44)27(19(4)36)35-31(45)47-17-20-10-8-7-9-11-20/h7-12,15,18-19,21-22,26-27,36H,5-6,13-14,16-17H2,1-4H3,(H,32,43)(H,33,44)(H,34,42)(H,35,45)(H,37,38)(H,39,40)/b15-12+/t18?,19?,21-,22+,26+,27+/m1/s1. The second-order valence-corrected chi connectivity index (χ2v) is 10.6. The Morgan fingerprint density at radius 2 is 1.45 bits per heavy atom. The number of carbonyl (C=O) groups is 7. The van der Waals surface area contributed by atoms with E-state index in [9.17, 15) is 48.9 Å². The molecule has 0 bridgehead atoms. The number of nitrogens with one attached hydrogen (secondary N) is 4. The van der Waals surface area contributed by atoms with Gasteiger partial charge in [0.15, 0.2) is 0 Å². The third-order valence-corrected chi connectivity index (χ3v) is 6.80. The summed E-state index contributed by atoms with van der Waals surface area (Å²) in [4.78, 5) is 86.6. The monoisotopic (exact) mass is 664 g/mol. The lowest BCUT2D eigenvalue weighted by molar-refractivity contribution is -0.139. The quantitative estimate of drug-likeness (QED) is 0.0749. The molecule has 0 aliphatic rings. The summed E-state index contributed by atoms with van der Waals surface area (Å²) in [5.41, 5.74) is 0.662. The predicted octanol–water partition coefficient (Wildman–Crippen LogP) is 0.622. The summed E-state index contributed by atoms with van der Waals surface area (Å²) in [7, 11) is 0. The van der Waals surface area contributed by atoms with Crippen LogP contribution in [0.1, 0.15) is 58.9 Å². The number of amides is 4. The molecule has 0 spiro atoms. The van der Waals surface area contributed by atoms with Crippen LogP contribution in [-0.4, -0.2) is 93.9 Å². The zero-order valence-electron chi connectivity index (χ0n) is 26.8. The number of hydrogen-bond donors (Lipinski definition) is 7. The average Bonchev–Trinajstić information content (AvgIpc) is 3.01. The van der Waals surface area contributed by atoms with Crippen LogP contribution in [0.2, 0.25) is 0 Å². The number of hydrogen-bond acceptors (Lipinski definition) is 10. The van der Waals surface area contributed by atoms with E-state index in [4.69, 9.17) is 9.47 Å². The molecule has 0 radical (unpaired) electrons. The van der Waals surface area contributed by atoms with Crippen LogP contribution in [0.5, 0.6) is 0 Å². The average molecular weight is 665 g/mol. The maximum absolute atomic E-state index is 13.4. The molecule has 2 unspecified atom stereocenters. The van der Waals surface area contributed by atoms with Crippen LogP contribution in [0.25, 0.3) is 0 Å². The molecule has 260 valence electrons. The highest BCUT2D eigenvalue weighted by Gasteiger charge is 2.34. The first-order chi connectivity index (χ1) is 22.2. The molecule has 16 nitrogen and oxygen atoms in total. The minimum Gasteiger partial charge on any atom is -0.481 e. The number of rotatable bonds is 20. The number of esters is 1. The molecule has 1 rings (SSSR count). The Hall–Kier alpha value is -4.99.